The predicted octanol–water partition coefficient (Wildman–Crippen LogP) is 3.47. The summed E-state index contributed by atoms with van der Waals surface area (Å²) in [6, 6.07) is 9.61. The van der Waals surface area contributed by atoms with E-state index in [0.29, 0.717) is 0 Å². The van der Waals surface area contributed by atoms with E-state index in [4.69, 9.17) is 4.42 Å². The fourth-order valence-electron chi connectivity index (χ4n) is 1.58. The molecule has 0 spiro atoms. The Morgan fingerprint density at radius 3 is 2.69 bits per heavy atom. The van der Waals surface area contributed by atoms with Crippen LogP contribution in [0.25, 0.3) is 0 Å². The smallest absolute Gasteiger partial charge is 0.108 e. The molecule has 1 heterocycles. The molecule has 0 saturated heterocycles. The second-order valence-electron chi connectivity index (χ2n) is 3.44. The third-order valence-corrected chi connectivity index (χ3v) is 3.30. The minimum atomic E-state index is -0.603. The number of thioether (sulfide) groups is 1. The van der Waals surface area contributed by atoms with E-state index in [2.05, 4.69) is 6.92 Å². The lowest BCUT2D eigenvalue weighted by Crippen LogP contribution is -1.98. The Balaban J connectivity index is 2.27. The monoisotopic (exact) mass is 234 g/mol. The molecule has 0 aliphatic rings. The summed E-state index contributed by atoms with van der Waals surface area (Å²) in [4.78, 5) is 1.01. The van der Waals surface area contributed by atoms with E-state index in [0.717, 1.165) is 21.8 Å². The average molecular weight is 234 g/mol. The number of aliphatic hydroxyl groups excluding tert-OH is 1. The van der Waals surface area contributed by atoms with Gasteiger partial charge in [0, 0.05) is 5.56 Å². The summed E-state index contributed by atoms with van der Waals surface area (Å²) in [5, 5.41) is 10.2. The largest absolute Gasteiger partial charge is 0.471 e. The molecule has 1 unspecified atom stereocenters. The highest BCUT2D eigenvalue weighted by molar-refractivity contribution is 7.99. The molecule has 84 valence electrons. The van der Waals surface area contributed by atoms with E-state index in [-0.39, 0.29) is 0 Å². The van der Waals surface area contributed by atoms with Gasteiger partial charge in [-0.3, -0.25) is 0 Å². The summed E-state index contributed by atoms with van der Waals surface area (Å²) >= 11 is 1.68. The minimum absolute atomic E-state index is 0.603. The van der Waals surface area contributed by atoms with Crippen LogP contribution in [0.5, 0.6) is 0 Å². The average Bonchev–Trinajstić information content (AvgIpc) is 2.78. The van der Waals surface area contributed by atoms with Gasteiger partial charge in [-0.1, -0.05) is 37.3 Å². The van der Waals surface area contributed by atoms with Crippen molar-refractivity contribution in [3.63, 3.8) is 0 Å². The van der Waals surface area contributed by atoms with Gasteiger partial charge >= 0.3 is 0 Å². The molecule has 0 fully saturated rings. The van der Waals surface area contributed by atoms with Crippen molar-refractivity contribution >= 4 is 11.8 Å². The van der Waals surface area contributed by atoms with Crippen molar-refractivity contribution in [1.29, 1.82) is 0 Å². The molecule has 0 amide bonds. The third-order valence-electron chi connectivity index (χ3n) is 2.36. The van der Waals surface area contributed by atoms with Crippen LogP contribution in [0.4, 0.5) is 0 Å². The lowest BCUT2D eigenvalue weighted by atomic mass is 10.0. The summed E-state index contributed by atoms with van der Waals surface area (Å²) < 4.78 is 5.16. The fourth-order valence-corrected chi connectivity index (χ4v) is 2.34. The molecule has 16 heavy (non-hydrogen) atoms. The van der Waals surface area contributed by atoms with Crippen molar-refractivity contribution in [1.82, 2.24) is 0 Å². The van der Waals surface area contributed by atoms with Crippen LogP contribution in [0.2, 0.25) is 0 Å². The van der Waals surface area contributed by atoms with Crippen LogP contribution in [0.3, 0.4) is 0 Å². The van der Waals surface area contributed by atoms with E-state index >= 15 is 0 Å². The van der Waals surface area contributed by atoms with Gasteiger partial charge in [0.15, 0.2) is 0 Å². The molecular formula is C13H14O2S. The molecule has 0 bridgehead atoms. The third kappa shape index (κ3) is 2.31. The Morgan fingerprint density at radius 2 is 2.00 bits per heavy atom. The Bertz CT molecular complexity index is 436. The number of aliphatic hydroxyl groups is 1. The van der Waals surface area contributed by atoms with Crippen molar-refractivity contribution in [2.75, 3.05) is 5.75 Å². The van der Waals surface area contributed by atoms with Crippen molar-refractivity contribution in [3.05, 3.63) is 54.0 Å². The van der Waals surface area contributed by atoms with Gasteiger partial charge in [-0.15, -0.1) is 11.8 Å². The topological polar surface area (TPSA) is 33.4 Å². The van der Waals surface area contributed by atoms with Crippen LogP contribution < -0.4 is 0 Å². The molecule has 2 nitrogen and oxygen atoms in total. The van der Waals surface area contributed by atoms with Crippen molar-refractivity contribution < 1.29 is 9.52 Å². The number of furan rings is 1. The lowest BCUT2D eigenvalue weighted by molar-refractivity contribution is 0.217. The molecule has 0 radical (unpaired) electrons. The molecule has 3 heteroatoms. The van der Waals surface area contributed by atoms with E-state index in [1.54, 1.807) is 24.3 Å². The standard InChI is InChI=1S/C13H14O2S/c1-2-16-12-9-15-8-11(12)13(14)10-6-4-3-5-7-10/h3-9,13-14H,2H2,1H3. The molecule has 2 rings (SSSR count). The first kappa shape index (κ1) is 11.3. The zero-order chi connectivity index (χ0) is 11.4. The maximum absolute atomic E-state index is 10.2. The van der Waals surface area contributed by atoms with Crippen LogP contribution in [0, 0.1) is 0 Å². The molecule has 0 aliphatic carbocycles. The first-order valence-electron chi connectivity index (χ1n) is 5.24. The summed E-state index contributed by atoms with van der Waals surface area (Å²) in [5.41, 5.74) is 1.74. The van der Waals surface area contributed by atoms with E-state index in [1.165, 1.54) is 0 Å². The zero-order valence-corrected chi connectivity index (χ0v) is 9.91. The highest BCUT2D eigenvalue weighted by Gasteiger charge is 2.16. The van der Waals surface area contributed by atoms with Gasteiger partial charge in [0.2, 0.25) is 0 Å². The van der Waals surface area contributed by atoms with Crippen molar-refractivity contribution in [2.24, 2.45) is 0 Å². The van der Waals surface area contributed by atoms with Gasteiger partial charge < -0.3 is 9.52 Å². The van der Waals surface area contributed by atoms with Crippen LogP contribution in [0.15, 0.2) is 52.2 Å². The molecule has 1 N–H and O–H groups in total. The Labute approximate surface area is 99.3 Å². The number of hydrogen-bond donors (Lipinski definition) is 1. The minimum Gasteiger partial charge on any atom is -0.471 e. The molecule has 0 saturated carbocycles. The second-order valence-corrected chi connectivity index (χ2v) is 4.74. The van der Waals surface area contributed by atoms with Crippen LogP contribution >= 0.6 is 11.8 Å². The predicted molar refractivity (Wildman–Crippen MR) is 65.6 cm³/mol. The lowest BCUT2D eigenvalue weighted by Gasteiger charge is -2.10. The molecule has 2 aromatic rings. The SMILES string of the molecule is CCSc1cocc1C(O)c1ccccc1. The fraction of sp³-hybridized carbons (Fsp3) is 0.231. The van der Waals surface area contributed by atoms with E-state index in [9.17, 15) is 5.11 Å². The summed E-state index contributed by atoms with van der Waals surface area (Å²) in [6.07, 6.45) is 2.71. The normalized spacial score (nSPS) is 12.6. The van der Waals surface area contributed by atoms with E-state index < -0.39 is 6.10 Å². The molecule has 0 aliphatic heterocycles. The first-order valence-corrected chi connectivity index (χ1v) is 6.23. The second kappa shape index (κ2) is 5.23. The van der Waals surface area contributed by atoms with Crippen LogP contribution in [0.1, 0.15) is 24.2 Å². The molecular weight excluding hydrogens is 220 g/mol. The van der Waals surface area contributed by atoms with Gasteiger partial charge in [-0.2, -0.15) is 0 Å². The summed E-state index contributed by atoms with van der Waals surface area (Å²) in [6.45, 7) is 2.08. The van der Waals surface area contributed by atoms with Gasteiger partial charge in [-0.05, 0) is 11.3 Å². The Hall–Kier alpha value is -1.19. The Kier molecular flexibility index (Phi) is 3.70. The van der Waals surface area contributed by atoms with Gasteiger partial charge in [0.05, 0.1) is 11.2 Å². The van der Waals surface area contributed by atoms with Crippen LogP contribution in [-0.4, -0.2) is 10.9 Å². The highest BCUT2D eigenvalue weighted by Crippen LogP contribution is 2.31. The maximum atomic E-state index is 10.2. The number of benzene rings is 1. The van der Waals surface area contributed by atoms with Crippen molar-refractivity contribution in [2.45, 2.75) is 17.9 Å². The highest BCUT2D eigenvalue weighted by atomic mass is 32.2. The first-order chi connectivity index (χ1) is 7.83. The quantitative estimate of drug-likeness (QED) is 0.822. The van der Waals surface area contributed by atoms with Crippen LogP contribution in [-0.2, 0) is 0 Å². The molecule has 1 aromatic heterocycles. The van der Waals surface area contributed by atoms with Gasteiger partial charge in [0.1, 0.15) is 12.4 Å². The zero-order valence-electron chi connectivity index (χ0n) is 9.09. The van der Waals surface area contributed by atoms with Crippen molar-refractivity contribution in [3.8, 4) is 0 Å². The number of rotatable bonds is 4. The summed E-state index contributed by atoms with van der Waals surface area (Å²) in [7, 11) is 0. The van der Waals surface area contributed by atoms with Gasteiger partial charge in [-0.25, -0.2) is 0 Å². The van der Waals surface area contributed by atoms with E-state index in [1.807, 2.05) is 30.3 Å². The van der Waals surface area contributed by atoms with Gasteiger partial charge in [0.25, 0.3) is 0 Å². The summed E-state index contributed by atoms with van der Waals surface area (Å²) in [5.74, 6) is 0.966. The Morgan fingerprint density at radius 1 is 1.25 bits per heavy atom. The molecule has 1 aromatic carbocycles. The maximum Gasteiger partial charge on any atom is 0.108 e. The number of hydrogen-bond acceptors (Lipinski definition) is 3. The molecule has 1 atom stereocenters.